The van der Waals surface area contributed by atoms with Gasteiger partial charge in [0.25, 0.3) is 0 Å². The van der Waals surface area contributed by atoms with Gasteiger partial charge in [0, 0.05) is 0 Å². The van der Waals surface area contributed by atoms with E-state index >= 15 is 0 Å². The molecule has 0 aliphatic heterocycles. The summed E-state index contributed by atoms with van der Waals surface area (Å²) in [6, 6.07) is 3.62. The Morgan fingerprint density at radius 1 is 0.774 bits per heavy atom. The second-order valence-corrected chi connectivity index (χ2v) is 8.70. The van der Waals surface area contributed by atoms with Crippen LogP contribution in [0, 0.1) is 0 Å². The number of hydrogen-bond donors (Lipinski definition) is 1. The molecule has 0 fully saturated rings. The van der Waals surface area contributed by atoms with E-state index < -0.39 is 5.97 Å². The van der Waals surface area contributed by atoms with Gasteiger partial charge in [-0.05, 0) is 57.7 Å². The van der Waals surface area contributed by atoms with Crippen molar-refractivity contribution >= 4 is 5.97 Å². The fourth-order valence-electron chi connectivity index (χ4n) is 3.49. The molecule has 0 aliphatic rings. The predicted molar refractivity (Wildman–Crippen MR) is 127 cm³/mol. The van der Waals surface area contributed by atoms with Crippen molar-refractivity contribution in [3.05, 3.63) is 17.7 Å². The Kier molecular flexibility index (Phi) is 13.1. The summed E-state index contributed by atoms with van der Waals surface area (Å²) >= 11 is 0. The van der Waals surface area contributed by atoms with Gasteiger partial charge in [-0.2, -0.15) is 0 Å². The van der Waals surface area contributed by atoms with Crippen LogP contribution in [0.3, 0.4) is 0 Å². The van der Waals surface area contributed by atoms with Crippen LogP contribution in [0.25, 0.3) is 0 Å². The van der Waals surface area contributed by atoms with Crippen molar-refractivity contribution in [2.24, 2.45) is 0 Å². The van der Waals surface area contributed by atoms with Crippen molar-refractivity contribution in [1.29, 1.82) is 0 Å². The fraction of sp³-hybridized carbons (Fsp3) is 0.731. The van der Waals surface area contributed by atoms with Crippen LogP contribution < -0.4 is 14.2 Å². The van der Waals surface area contributed by atoms with Gasteiger partial charge in [-0.25, -0.2) is 0 Å². The van der Waals surface area contributed by atoms with Crippen molar-refractivity contribution in [3.8, 4) is 17.2 Å². The van der Waals surface area contributed by atoms with Crippen LogP contribution in [0.15, 0.2) is 12.1 Å². The van der Waals surface area contributed by atoms with E-state index in [1.54, 1.807) is 0 Å². The molecule has 0 saturated carbocycles. The maximum Gasteiger partial charge on any atom is 0.307 e. The van der Waals surface area contributed by atoms with Gasteiger partial charge < -0.3 is 19.3 Å². The molecule has 0 heterocycles. The monoisotopic (exact) mass is 436 g/mol. The van der Waals surface area contributed by atoms with E-state index in [4.69, 9.17) is 14.2 Å². The third-order valence-corrected chi connectivity index (χ3v) is 5.30. The summed E-state index contributed by atoms with van der Waals surface area (Å²) in [5.41, 5.74) is 0.663. The van der Waals surface area contributed by atoms with Crippen LogP contribution in [0.5, 0.6) is 17.2 Å². The normalized spacial score (nSPS) is 14.0. The second kappa shape index (κ2) is 15.0. The third kappa shape index (κ3) is 10.8. The minimum atomic E-state index is -0.875. The van der Waals surface area contributed by atoms with Crippen molar-refractivity contribution < 1.29 is 24.1 Å². The molecular formula is C26H44O5. The first-order valence-corrected chi connectivity index (χ1v) is 12.2. The van der Waals surface area contributed by atoms with Crippen molar-refractivity contribution in [1.82, 2.24) is 0 Å². The summed E-state index contributed by atoms with van der Waals surface area (Å²) in [4.78, 5) is 11.4. The lowest BCUT2D eigenvalue weighted by atomic mass is 10.1. The molecule has 3 atom stereocenters. The maximum absolute atomic E-state index is 11.4. The molecule has 1 N–H and O–H groups in total. The SMILES string of the molecule is CCCCC(C)Oc1cc(CC(=O)O)cc(OC(C)CCCC)c1OC(C)CCCC. The van der Waals surface area contributed by atoms with E-state index in [9.17, 15) is 9.90 Å². The Labute approximate surface area is 189 Å². The van der Waals surface area contributed by atoms with Crippen LogP contribution in [-0.2, 0) is 11.2 Å². The lowest BCUT2D eigenvalue weighted by Crippen LogP contribution is -2.18. The van der Waals surface area contributed by atoms with Crippen molar-refractivity contribution in [2.45, 2.75) is 124 Å². The third-order valence-electron chi connectivity index (χ3n) is 5.30. The van der Waals surface area contributed by atoms with Gasteiger partial charge >= 0.3 is 5.97 Å². The highest BCUT2D eigenvalue weighted by atomic mass is 16.6. The molecule has 0 amide bonds. The van der Waals surface area contributed by atoms with Gasteiger partial charge in [0.05, 0.1) is 24.7 Å². The van der Waals surface area contributed by atoms with Crippen molar-refractivity contribution in [2.75, 3.05) is 0 Å². The number of aliphatic carboxylic acids is 1. The largest absolute Gasteiger partial charge is 0.487 e. The topological polar surface area (TPSA) is 65.0 Å². The highest BCUT2D eigenvalue weighted by Gasteiger charge is 2.22. The van der Waals surface area contributed by atoms with E-state index in [0.717, 1.165) is 57.8 Å². The smallest absolute Gasteiger partial charge is 0.307 e. The first kappa shape index (κ1) is 27.1. The van der Waals surface area contributed by atoms with E-state index in [1.165, 1.54) is 0 Å². The minimum Gasteiger partial charge on any atom is -0.487 e. The van der Waals surface area contributed by atoms with Gasteiger partial charge in [0.15, 0.2) is 11.5 Å². The Hall–Kier alpha value is -1.91. The van der Waals surface area contributed by atoms with Crippen LogP contribution in [0.1, 0.15) is 105 Å². The van der Waals surface area contributed by atoms with Gasteiger partial charge in [-0.3, -0.25) is 4.79 Å². The maximum atomic E-state index is 11.4. The fourth-order valence-corrected chi connectivity index (χ4v) is 3.49. The van der Waals surface area contributed by atoms with Crippen LogP contribution in [0.4, 0.5) is 0 Å². The summed E-state index contributed by atoms with van der Waals surface area (Å²) < 4.78 is 18.9. The molecule has 1 aromatic carbocycles. The molecule has 0 radical (unpaired) electrons. The molecule has 0 aliphatic carbocycles. The Morgan fingerprint density at radius 3 is 1.52 bits per heavy atom. The summed E-state index contributed by atoms with van der Waals surface area (Å²) in [5, 5.41) is 9.34. The highest BCUT2D eigenvalue weighted by molar-refractivity contribution is 5.71. The number of rotatable bonds is 17. The molecule has 5 nitrogen and oxygen atoms in total. The van der Waals surface area contributed by atoms with Gasteiger partial charge in [-0.1, -0.05) is 59.3 Å². The number of carboxylic acid groups (broad SMARTS) is 1. The van der Waals surface area contributed by atoms with E-state index in [1.807, 2.05) is 26.0 Å². The number of ether oxygens (including phenoxy) is 3. The number of carbonyl (C=O) groups is 1. The average molecular weight is 437 g/mol. The standard InChI is InChI=1S/C26H44O5/c1-7-10-13-19(4)29-23-16-22(18-25(27)28)17-24(30-20(5)14-11-8-2)26(23)31-21(6)15-12-9-3/h16-17,19-21H,7-15,18H2,1-6H3,(H,27,28). The molecule has 5 heteroatoms. The first-order chi connectivity index (χ1) is 14.8. The number of benzene rings is 1. The molecular weight excluding hydrogens is 392 g/mol. The zero-order chi connectivity index (χ0) is 23.2. The summed E-state index contributed by atoms with van der Waals surface area (Å²) in [6.07, 6.45) is 9.36. The first-order valence-electron chi connectivity index (χ1n) is 12.2. The lowest BCUT2D eigenvalue weighted by molar-refractivity contribution is -0.136. The number of unbranched alkanes of at least 4 members (excludes halogenated alkanes) is 3. The highest BCUT2D eigenvalue weighted by Crippen LogP contribution is 2.41. The molecule has 178 valence electrons. The van der Waals surface area contributed by atoms with Gasteiger partial charge in [0.1, 0.15) is 0 Å². The number of carboxylic acids is 1. The molecule has 0 saturated heterocycles. The molecule has 31 heavy (non-hydrogen) atoms. The molecule has 3 unspecified atom stereocenters. The average Bonchev–Trinajstić information content (AvgIpc) is 2.71. The zero-order valence-corrected chi connectivity index (χ0v) is 20.5. The number of hydrogen-bond acceptors (Lipinski definition) is 4. The quantitative estimate of drug-likeness (QED) is 0.280. The van der Waals surface area contributed by atoms with Gasteiger partial charge in [0.2, 0.25) is 5.75 Å². The van der Waals surface area contributed by atoms with Crippen LogP contribution in [0.2, 0.25) is 0 Å². The second-order valence-electron chi connectivity index (χ2n) is 8.70. The van der Waals surface area contributed by atoms with Crippen LogP contribution in [-0.4, -0.2) is 29.4 Å². The summed E-state index contributed by atoms with van der Waals surface area (Å²) in [5.74, 6) is 0.899. The molecule has 0 spiro atoms. The van der Waals surface area contributed by atoms with Gasteiger partial charge in [-0.15, -0.1) is 0 Å². The Bertz CT molecular complexity index is 606. The zero-order valence-electron chi connectivity index (χ0n) is 20.5. The summed E-state index contributed by atoms with van der Waals surface area (Å²) in [7, 11) is 0. The molecule has 0 bridgehead atoms. The van der Waals surface area contributed by atoms with E-state index in [2.05, 4.69) is 27.7 Å². The van der Waals surface area contributed by atoms with Crippen molar-refractivity contribution in [3.63, 3.8) is 0 Å². The molecule has 1 aromatic rings. The van der Waals surface area contributed by atoms with Crippen LogP contribution >= 0.6 is 0 Å². The minimum absolute atomic E-state index is 0.0127. The van der Waals surface area contributed by atoms with E-state index in [-0.39, 0.29) is 24.7 Å². The Morgan fingerprint density at radius 2 is 1.16 bits per heavy atom. The Balaban J connectivity index is 3.30. The predicted octanol–water partition coefficient (Wildman–Crippen LogP) is 7.19. The molecule has 0 aromatic heterocycles. The summed E-state index contributed by atoms with van der Waals surface area (Å²) in [6.45, 7) is 12.7. The lowest BCUT2D eigenvalue weighted by Gasteiger charge is -2.25. The molecule has 1 rings (SSSR count). The van der Waals surface area contributed by atoms with E-state index in [0.29, 0.717) is 22.8 Å².